The molecule has 2 N–H and O–H groups in total. The second-order valence-corrected chi connectivity index (χ2v) is 11.4. The van der Waals surface area contributed by atoms with Crippen LogP contribution in [0.1, 0.15) is 90.0 Å². The number of rotatable bonds is 13. The summed E-state index contributed by atoms with van der Waals surface area (Å²) < 4.78 is 5.45. The number of hydrogen-bond donors (Lipinski definition) is 2. The van der Waals surface area contributed by atoms with Crippen LogP contribution in [0.3, 0.4) is 0 Å². The van der Waals surface area contributed by atoms with Gasteiger partial charge in [-0.05, 0) is 83.9 Å². The molecule has 0 radical (unpaired) electrons. The minimum atomic E-state index is -0.808. The minimum absolute atomic E-state index is 0.202. The molecule has 3 amide bonds. The van der Waals surface area contributed by atoms with Crippen molar-refractivity contribution >= 4 is 29.7 Å². The molecular weight excluding hydrogens is 474 g/mol. The average Bonchev–Trinajstić information content (AvgIpc) is 2.79. The number of carbonyl (C=O) groups excluding carboxylic acids is 3. The summed E-state index contributed by atoms with van der Waals surface area (Å²) in [6.07, 6.45) is 4.24. The fourth-order valence-corrected chi connectivity index (χ4v) is 4.35. The van der Waals surface area contributed by atoms with Gasteiger partial charge in [-0.25, -0.2) is 4.79 Å². The second-order valence-electron chi connectivity index (χ2n) is 10.4. The predicted molar refractivity (Wildman–Crippen MR) is 149 cm³/mol. The molecule has 0 saturated carbocycles. The summed E-state index contributed by atoms with van der Waals surface area (Å²) in [6, 6.07) is 4.14. The fourth-order valence-electron chi connectivity index (χ4n) is 3.88. The summed E-state index contributed by atoms with van der Waals surface area (Å²) in [5.41, 5.74) is 2.08. The molecular formula is C28H47N3O4S. The Kier molecular flexibility index (Phi) is 13.4. The predicted octanol–water partition coefficient (Wildman–Crippen LogP) is 5.53. The first-order valence-corrected chi connectivity index (χ1v) is 14.4. The average molecular weight is 522 g/mol. The lowest BCUT2D eigenvalue weighted by Crippen LogP contribution is -2.55. The van der Waals surface area contributed by atoms with E-state index in [0.29, 0.717) is 25.1 Å². The molecule has 1 aromatic carbocycles. The van der Waals surface area contributed by atoms with Crippen molar-refractivity contribution in [2.24, 2.45) is 0 Å². The van der Waals surface area contributed by atoms with E-state index in [0.717, 1.165) is 29.5 Å². The quantitative estimate of drug-likeness (QED) is 0.333. The zero-order valence-corrected chi connectivity index (χ0v) is 24.5. The number of thioether (sulfide) groups is 1. The highest BCUT2D eigenvalue weighted by Crippen LogP contribution is 2.30. The van der Waals surface area contributed by atoms with Crippen molar-refractivity contribution in [3.05, 3.63) is 34.9 Å². The lowest BCUT2D eigenvalue weighted by Gasteiger charge is -2.39. The van der Waals surface area contributed by atoms with Gasteiger partial charge in [-0.3, -0.25) is 9.59 Å². The van der Waals surface area contributed by atoms with E-state index in [1.165, 1.54) is 0 Å². The number of nitrogens with one attached hydrogen (secondary N) is 2. The van der Waals surface area contributed by atoms with Gasteiger partial charge in [-0.2, -0.15) is 11.8 Å². The summed E-state index contributed by atoms with van der Waals surface area (Å²) in [4.78, 5) is 42.2. The topological polar surface area (TPSA) is 87.7 Å². The maximum atomic E-state index is 14.2. The Bertz CT molecular complexity index is 869. The molecule has 7 nitrogen and oxygen atoms in total. The third kappa shape index (κ3) is 10.0. The number of carbonyl (C=O) groups is 3. The molecule has 3 unspecified atom stereocenters. The molecule has 0 saturated heterocycles. The van der Waals surface area contributed by atoms with Gasteiger partial charge in [-0.1, -0.05) is 44.0 Å². The van der Waals surface area contributed by atoms with Crippen molar-refractivity contribution in [1.29, 1.82) is 0 Å². The van der Waals surface area contributed by atoms with Crippen LogP contribution >= 0.6 is 11.8 Å². The molecule has 0 bridgehead atoms. The van der Waals surface area contributed by atoms with E-state index < -0.39 is 23.8 Å². The smallest absolute Gasteiger partial charge is 0.408 e. The van der Waals surface area contributed by atoms with E-state index in [1.807, 2.05) is 52.1 Å². The van der Waals surface area contributed by atoms with Gasteiger partial charge in [0.1, 0.15) is 17.7 Å². The van der Waals surface area contributed by atoms with E-state index in [1.54, 1.807) is 37.4 Å². The standard InChI is InChI=1S/C28H47N3O4S/c1-10-12-16-29-25(32)24(22-18-19(3)13-14-20(22)4)31(21(5)11-2)26(33)23(15-17-36-9)30-27(34)35-28(6,7)8/h13-14,18,21,23-24H,10-12,15-17H2,1-9H3,(H,29,32)(H,30,34). The third-order valence-electron chi connectivity index (χ3n) is 6.01. The summed E-state index contributed by atoms with van der Waals surface area (Å²) in [6.45, 7) is 15.9. The van der Waals surface area contributed by atoms with Crippen molar-refractivity contribution in [1.82, 2.24) is 15.5 Å². The van der Waals surface area contributed by atoms with Crippen LogP contribution in [0.2, 0.25) is 0 Å². The minimum Gasteiger partial charge on any atom is -0.444 e. The van der Waals surface area contributed by atoms with Gasteiger partial charge in [0.25, 0.3) is 0 Å². The molecule has 0 fully saturated rings. The van der Waals surface area contributed by atoms with E-state index in [2.05, 4.69) is 17.6 Å². The number of ether oxygens (including phenoxy) is 1. The van der Waals surface area contributed by atoms with Gasteiger partial charge in [-0.15, -0.1) is 0 Å². The van der Waals surface area contributed by atoms with Crippen LogP contribution in [0.15, 0.2) is 18.2 Å². The number of amides is 3. The van der Waals surface area contributed by atoms with Gasteiger partial charge >= 0.3 is 6.09 Å². The largest absolute Gasteiger partial charge is 0.444 e. The molecule has 1 rings (SSSR count). The Balaban J connectivity index is 3.53. The van der Waals surface area contributed by atoms with Crippen molar-refractivity contribution < 1.29 is 19.1 Å². The van der Waals surface area contributed by atoms with E-state index in [4.69, 9.17) is 4.74 Å². The van der Waals surface area contributed by atoms with Gasteiger partial charge in [0.05, 0.1) is 0 Å². The SMILES string of the molecule is CCCCNC(=O)C(c1cc(C)ccc1C)N(C(=O)C(CCSC)NC(=O)OC(C)(C)C)C(C)CC. The first-order valence-electron chi connectivity index (χ1n) is 13.0. The Hall–Kier alpha value is -2.22. The molecule has 204 valence electrons. The monoisotopic (exact) mass is 521 g/mol. The zero-order chi connectivity index (χ0) is 27.5. The van der Waals surface area contributed by atoms with E-state index in [9.17, 15) is 14.4 Å². The van der Waals surface area contributed by atoms with Crippen LogP contribution < -0.4 is 10.6 Å². The van der Waals surface area contributed by atoms with Crippen LogP contribution in [0, 0.1) is 13.8 Å². The molecule has 0 aromatic heterocycles. The molecule has 0 aliphatic carbocycles. The Morgan fingerprint density at radius 2 is 1.81 bits per heavy atom. The summed E-state index contributed by atoms with van der Waals surface area (Å²) in [5, 5.41) is 5.84. The lowest BCUT2D eigenvalue weighted by atomic mass is 9.94. The molecule has 36 heavy (non-hydrogen) atoms. The van der Waals surface area contributed by atoms with Crippen LogP contribution in [-0.2, 0) is 14.3 Å². The second kappa shape index (κ2) is 15.1. The van der Waals surface area contributed by atoms with E-state index in [-0.39, 0.29) is 17.9 Å². The van der Waals surface area contributed by atoms with Gasteiger partial charge < -0.3 is 20.3 Å². The van der Waals surface area contributed by atoms with Gasteiger partial charge in [0, 0.05) is 12.6 Å². The molecule has 0 heterocycles. The normalized spacial score (nSPS) is 13.9. The number of nitrogens with zero attached hydrogens (tertiary/aromatic N) is 1. The Morgan fingerprint density at radius 3 is 2.36 bits per heavy atom. The number of benzene rings is 1. The van der Waals surface area contributed by atoms with Crippen molar-refractivity contribution in [3.63, 3.8) is 0 Å². The van der Waals surface area contributed by atoms with Crippen LogP contribution in [-0.4, -0.2) is 59.0 Å². The maximum absolute atomic E-state index is 14.2. The third-order valence-corrected chi connectivity index (χ3v) is 6.65. The highest BCUT2D eigenvalue weighted by molar-refractivity contribution is 7.98. The lowest BCUT2D eigenvalue weighted by molar-refractivity contribution is -0.145. The van der Waals surface area contributed by atoms with Crippen LogP contribution in [0.5, 0.6) is 0 Å². The summed E-state index contributed by atoms with van der Waals surface area (Å²) >= 11 is 1.60. The van der Waals surface area contributed by atoms with Gasteiger partial charge in [0.15, 0.2) is 0 Å². The Labute approximate surface area is 222 Å². The molecule has 3 atom stereocenters. The van der Waals surface area contributed by atoms with Crippen LogP contribution in [0.25, 0.3) is 0 Å². The highest BCUT2D eigenvalue weighted by Gasteiger charge is 2.38. The van der Waals surface area contributed by atoms with Crippen molar-refractivity contribution in [2.45, 2.75) is 105 Å². The fraction of sp³-hybridized carbons (Fsp3) is 0.679. The Morgan fingerprint density at radius 1 is 1.14 bits per heavy atom. The van der Waals surface area contributed by atoms with Gasteiger partial charge in [0.2, 0.25) is 11.8 Å². The first-order chi connectivity index (χ1) is 16.9. The van der Waals surface area contributed by atoms with Crippen molar-refractivity contribution in [3.8, 4) is 0 Å². The summed E-state index contributed by atoms with van der Waals surface area (Å²) in [7, 11) is 0. The molecule has 0 spiro atoms. The maximum Gasteiger partial charge on any atom is 0.408 e. The zero-order valence-electron chi connectivity index (χ0n) is 23.7. The number of hydrogen-bond acceptors (Lipinski definition) is 5. The molecule has 8 heteroatoms. The molecule has 1 aromatic rings. The molecule has 0 aliphatic heterocycles. The molecule has 0 aliphatic rings. The van der Waals surface area contributed by atoms with Crippen molar-refractivity contribution in [2.75, 3.05) is 18.6 Å². The van der Waals surface area contributed by atoms with Crippen LogP contribution in [0.4, 0.5) is 4.79 Å². The number of unbranched alkanes of at least 4 members (excludes halogenated alkanes) is 1. The van der Waals surface area contributed by atoms with E-state index >= 15 is 0 Å². The highest BCUT2D eigenvalue weighted by atomic mass is 32.2. The number of aryl methyl sites for hydroxylation is 2. The summed E-state index contributed by atoms with van der Waals surface area (Å²) in [5.74, 6) is 0.199. The number of alkyl carbamates (subject to hydrolysis) is 1. The first kappa shape index (κ1) is 31.8.